The van der Waals surface area contributed by atoms with Crippen LogP contribution in [0.1, 0.15) is 20.8 Å². The summed E-state index contributed by atoms with van der Waals surface area (Å²) in [5.41, 5.74) is 6.79. The van der Waals surface area contributed by atoms with Crippen LogP contribution < -0.4 is 15.4 Å². The predicted octanol–water partition coefficient (Wildman–Crippen LogP) is 2.50. The van der Waals surface area contributed by atoms with Crippen LogP contribution in [0.4, 0.5) is 5.69 Å². The van der Waals surface area contributed by atoms with Gasteiger partial charge in [-0.3, -0.25) is 0 Å². The van der Waals surface area contributed by atoms with Crippen LogP contribution in [0.25, 0.3) is 0 Å². The average molecular weight is 236 g/mol. The first-order valence-corrected chi connectivity index (χ1v) is 6.21. The molecule has 2 N–H and O–H groups in total. The van der Waals surface area contributed by atoms with E-state index >= 15 is 0 Å². The molecule has 1 aromatic rings. The molecule has 0 fully saturated rings. The Labute approximate surface area is 105 Å². The van der Waals surface area contributed by atoms with E-state index in [1.807, 2.05) is 32.0 Å². The molecule has 0 heterocycles. The van der Waals surface area contributed by atoms with Gasteiger partial charge in [-0.25, -0.2) is 0 Å². The second-order valence-corrected chi connectivity index (χ2v) is 4.86. The van der Waals surface area contributed by atoms with Crippen LogP contribution in [-0.4, -0.2) is 26.2 Å². The third kappa shape index (κ3) is 4.27. The highest BCUT2D eigenvalue weighted by Crippen LogP contribution is 2.28. The Morgan fingerprint density at radius 2 is 1.88 bits per heavy atom. The zero-order valence-corrected chi connectivity index (χ0v) is 11.3. The quantitative estimate of drug-likeness (QED) is 0.824. The van der Waals surface area contributed by atoms with Gasteiger partial charge in [0.2, 0.25) is 0 Å². The van der Waals surface area contributed by atoms with Crippen molar-refractivity contribution in [1.29, 1.82) is 0 Å². The van der Waals surface area contributed by atoms with Crippen molar-refractivity contribution in [3.05, 3.63) is 24.3 Å². The third-order valence-electron chi connectivity index (χ3n) is 2.63. The number of nitrogens with zero attached hydrogens (tertiary/aromatic N) is 1. The Kier molecular flexibility index (Phi) is 5.29. The van der Waals surface area contributed by atoms with Gasteiger partial charge in [-0.15, -0.1) is 0 Å². The monoisotopic (exact) mass is 236 g/mol. The minimum Gasteiger partial charge on any atom is -0.489 e. The Hall–Kier alpha value is -1.22. The Bertz CT molecular complexity index is 339. The van der Waals surface area contributed by atoms with Crippen LogP contribution in [0.15, 0.2) is 24.3 Å². The second-order valence-electron chi connectivity index (χ2n) is 4.86. The number of rotatable bonds is 6. The van der Waals surface area contributed by atoms with Gasteiger partial charge in [0.15, 0.2) is 0 Å². The molecule has 1 unspecified atom stereocenters. The molecule has 0 radical (unpaired) electrons. The molecule has 0 bridgehead atoms. The summed E-state index contributed by atoms with van der Waals surface area (Å²) in [5, 5.41) is 0. The van der Waals surface area contributed by atoms with Gasteiger partial charge in [-0.1, -0.05) is 19.1 Å². The first kappa shape index (κ1) is 13.8. The van der Waals surface area contributed by atoms with E-state index in [9.17, 15) is 0 Å². The van der Waals surface area contributed by atoms with Gasteiger partial charge in [0, 0.05) is 13.6 Å². The van der Waals surface area contributed by atoms with Crippen molar-refractivity contribution in [1.82, 2.24) is 0 Å². The van der Waals surface area contributed by atoms with Crippen LogP contribution in [0.3, 0.4) is 0 Å². The van der Waals surface area contributed by atoms with E-state index in [0.717, 1.165) is 18.0 Å². The number of benzene rings is 1. The fourth-order valence-corrected chi connectivity index (χ4v) is 1.77. The Morgan fingerprint density at radius 3 is 2.47 bits per heavy atom. The topological polar surface area (TPSA) is 38.5 Å². The maximum Gasteiger partial charge on any atom is 0.142 e. The molecule has 0 amide bonds. The van der Waals surface area contributed by atoms with Gasteiger partial charge in [-0.05, 0) is 38.4 Å². The molecular weight excluding hydrogens is 212 g/mol. The Balaban J connectivity index is 2.81. The standard InChI is InChI=1S/C14H24N2O/c1-11(2)17-14-8-6-5-7-13(14)16(4)10-12(3)9-15/h5-8,11-12H,9-10,15H2,1-4H3. The summed E-state index contributed by atoms with van der Waals surface area (Å²) in [7, 11) is 2.08. The number of hydrogen-bond acceptors (Lipinski definition) is 3. The third-order valence-corrected chi connectivity index (χ3v) is 2.63. The van der Waals surface area contributed by atoms with Crippen LogP contribution in [0.5, 0.6) is 5.75 Å². The highest BCUT2D eigenvalue weighted by molar-refractivity contribution is 5.57. The summed E-state index contributed by atoms with van der Waals surface area (Å²) in [6, 6.07) is 8.13. The SMILES string of the molecule is CC(CN)CN(C)c1ccccc1OC(C)C. The Morgan fingerprint density at radius 1 is 1.24 bits per heavy atom. The molecule has 3 nitrogen and oxygen atoms in total. The van der Waals surface area contributed by atoms with Crippen LogP contribution in [-0.2, 0) is 0 Å². The maximum absolute atomic E-state index is 5.81. The minimum absolute atomic E-state index is 0.191. The van der Waals surface area contributed by atoms with Crippen molar-refractivity contribution in [3.63, 3.8) is 0 Å². The summed E-state index contributed by atoms with van der Waals surface area (Å²) >= 11 is 0. The molecular formula is C14H24N2O. The van der Waals surface area contributed by atoms with Crippen molar-refractivity contribution in [2.45, 2.75) is 26.9 Å². The molecule has 0 aliphatic heterocycles. The van der Waals surface area contributed by atoms with Gasteiger partial charge in [-0.2, -0.15) is 0 Å². The smallest absolute Gasteiger partial charge is 0.142 e. The molecule has 0 aliphatic carbocycles. The van der Waals surface area contributed by atoms with Gasteiger partial charge in [0.1, 0.15) is 5.75 Å². The highest BCUT2D eigenvalue weighted by atomic mass is 16.5. The van der Waals surface area contributed by atoms with E-state index in [1.165, 1.54) is 0 Å². The van der Waals surface area contributed by atoms with E-state index in [-0.39, 0.29) is 6.10 Å². The van der Waals surface area contributed by atoms with E-state index in [4.69, 9.17) is 10.5 Å². The summed E-state index contributed by atoms with van der Waals surface area (Å²) in [6.07, 6.45) is 0.191. The van der Waals surface area contributed by atoms with Crippen molar-refractivity contribution < 1.29 is 4.74 Å². The number of para-hydroxylation sites is 2. The zero-order chi connectivity index (χ0) is 12.8. The lowest BCUT2D eigenvalue weighted by Gasteiger charge is -2.25. The zero-order valence-electron chi connectivity index (χ0n) is 11.3. The number of anilines is 1. The maximum atomic E-state index is 5.81. The summed E-state index contributed by atoms with van der Waals surface area (Å²) < 4.78 is 5.81. The molecule has 0 aliphatic rings. The fraction of sp³-hybridized carbons (Fsp3) is 0.571. The van der Waals surface area contributed by atoms with Crippen molar-refractivity contribution in [3.8, 4) is 5.75 Å². The first-order valence-electron chi connectivity index (χ1n) is 6.21. The van der Waals surface area contributed by atoms with E-state index in [2.05, 4.69) is 24.9 Å². The predicted molar refractivity (Wildman–Crippen MR) is 73.7 cm³/mol. The van der Waals surface area contributed by atoms with Gasteiger partial charge < -0.3 is 15.4 Å². The summed E-state index contributed by atoms with van der Waals surface area (Å²) in [5.74, 6) is 1.42. The minimum atomic E-state index is 0.191. The summed E-state index contributed by atoms with van der Waals surface area (Å²) in [6.45, 7) is 7.88. The van der Waals surface area contributed by atoms with Gasteiger partial charge in [0.25, 0.3) is 0 Å². The average Bonchev–Trinajstić information content (AvgIpc) is 2.28. The highest BCUT2D eigenvalue weighted by Gasteiger charge is 2.11. The first-order chi connectivity index (χ1) is 8.04. The lowest BCUT2D eigenvalue weighted by atomic mass is 10.1. The molecule has 17 heavy (non-hydrogen) atoms. The van der Waals surface area contributed by atoms with Gasteiger partial charge in [0.05, 0.1) is 11.8 Å². The number of ether oxygens (including phenoxy) is 1. The second kappa shape index (κ2) is 6.50. The molecule has 1 atom stereocenters. The van der Waals surface area contributed by atoms with Crippen molar-refractivity contribution in [2.24, 2.45) is 11.7 Å². The van der Waals surface area contributed by atoms with E-state index in [0.29, 0.717) is 12.5 Å². The van der Waals surface area contributed by atoms with Crippen LogP contribution in [0.2, 0.25) is 0 Å². The molecule has 0 saturated heterocycles. The van der Waals surface area contributed by atoms with Crippen molar-refractivity contribution >= 4 is 5.69 Å². The normalized spacial score (nSPS) is 12.6. The fourth-order valence-electron chi connectivity index (χ4n) is 1.77. The number of nitrogens with two attached hydrogens (primary N) is 1. The number of hydrogen-bond donors (Lipinski definition) is 1. The lowest BCUT2D eigenvalue weighted by Crippen LogP contribution is -2.28. The molecule has 1 aromatic carbocycles. The molecule has 0 aromatic heterocycles. The summed E-state index contributed by atoms with van der Waals surface area (Å²) in [4.78, 5) is 2.20. The molecule has 1 rings (SSSR count). The van der Waals surface area contributed by atoms with E-state index < -0.39 is 0 Å². The van der Waals surface area contributed by atoms with E-state index in [1.54, 1.807) is 0 Å². The molecule has 0 saturated carbocycles. The lowest BCUT2D eigenvalue weighted by molar-refractivity contribution is 0.243. The molecule has 96 valence electrons. The van der Waals surface area contributed by atoms with Crippen LogP contribution in [0, 0.1) is 5.92 Å². The van der Waals surface area contributed by atoms with Gasteiger partial charge >= 0.3 is 0 Å². The van der Waals surface area contributed by atoms with Crippen molar-refractivity contribution in [2.75, 3.05) is 25.0 Å². The van der Waals surface area contributed by atoms with Crippen LogP contribution >= 0.6 is 0 Å². The molecule has 3 heteroatoms. The largest absolute Gasteiger partial charge is 0.489 e. The molecule has 0 spiro atoms.